The predicted molar refractivity (Wildman–Crippen MR) is 71.7 cm³/mol. The third-order valence-corrected chi connectivity index (χ3v) is 4.07. The second kappa shape index (κ2) is 6.00. The van der Waals surface area contributed by atoms with Gasteiger partial charge in [-0.05, 0) is 25.0 Å². The summed E-state index contributed by atoms with van der Waals surface area (Å²) in [6, 6.07) is 4.93. The minimum absolute atomic E-state index is 0.129. The van der Waals surface area contributed by atoms with Crippen LogP contribution in [0.2, 0.25) is 5.02 Å². The molecule has 1 aliphatic carbocycles. The van der Waals surface area contributed by atoms with E-state index in [0.29, 0.717) is 17.2 Å². The van der Waals surface area contributed by atoms with Crippen molar-refractivity contribution in [3.8, 4) is 0 Å². The quantitative estimate of drug-likeness (QED) is 0.803. The number of benzene rings is 1. The van der Waals surface area contributed by atoms with Gasteiger partial charge in [0.2, 0.25) is 0 Å². The Balaban J connectivity index is 2.11. The Kier molecular flexibility index (Phi) is 4.60. The largest absolute Gasteiger partial charge is 0.383 e. The van der Waals surface area contributed by atoms with Crippen LogP contribution in [0.5, 0.6) is 0 Å². The molecule has 0 bridgehead atoms. The molecular weight excluding hydrogens is 253 g/mol. The Hall–Kier alpha value is -0.640. The Morgan fingerprint density at radius 3 is 2.78 bits per heavy atom. The molecule has 1 aliphatic rings. The van der Waals surface area contributed by atoms with Gasteiger partial charge in [-0.15, -0.1) is 0 Å². The highest BCUT2D eigenvalue weighted by molar-refractivity contribution is 6.31. The third-order valence-electron chi connectivity index (χ3n) is 3.75. The zero-order valence-corrected chi connectivity index (χ0v) is 11.4. The Labute approximate surface area is 112 Å². The number of rotatable bonds is 6. The van der Waals surface area contributed by atoms with Gasteiger partial charge >= 0.3 is 0 Å². The molecule has 0 saturated heterocycles. The second-order valence-corrected chi connectivity index (χ2v) is 5.31. The molecule has 18 heavy (non-hydrogen) atoms. The first-order valence-corrected chi connectivity index (χ1v) is 6.71. The number of hydrogen-bond donors (Lipinski definition) is 1. The first-order chi connectivity index (χ1) is 8.69. The molecular formula is C14H19ClFNO. The number of methoxy groups -OCH3 is 1. The summed E-state index contributed by atoms with van der Waals surface area (Å²) in [6.07, 6.45) is 3.12. The van der Waals surface area contributed by atoms with Gasteiger partial charge in [0.15, 0.2) is 0 Å². The molecule has 1 fully saturated rings. The molecule has 1 saturated carbocycles. The lowest BCUT2D eigenvalue weighted by Gasteiger charge is -2.43. The van der Waals surface area contributed by atoms with E-state index >= 15 is 0 Å². The van der Waals surface area contributed by atoms with Crippen LogP contribution in [-0.4, -0.2) is 26.8 Å². The van der Waals surface area contributed by atoms with E-state index in [4.69, 9.17) is 16.3 Å². The average Bonchev–Trinajstić information content (AvgIpc) is 2.29. The molecule has 0 heterocycles. The van der Waals surface area contributed by atoms with Crippen molar-refractivity contribution >= 4 is 11.6 Å². The van der Waals surface area contributed by atoms with Gasteiger partial charge in [0, 0.05) is 36.2 Å². The van der Waals surface area contributed by atoms with E-state index in [1.807, 2.05) is 0 Å². The van der Waals surface area contributed by atoms with E-state index in [2.05, 4.69) is 5.32 Å². The Morgan fingerprint density at radius 2 is 2.22 bits per heavy atom. The molecule has 4 heteroatoms. The maximum Gasteiger partial charge on any atom is 0.128 e. The van der Waals surface area contributed by atoms with Crippen LogP contribution < -0.4 is 5.32 Å². The van der Waals surface area contributed by atoms with Crippen LogP contribution in [0, 0.1) is 5.82 Å². The summed E-state index contributed by atoms with van der Waals surface area (Å²) < 4.78 is 19.0. The molecule has 0 spiro atoms. The van der Waals surface area contributed by atoms with Crippen molar-refractivity contribution in [2.75, 3.05) is 26.8 Å². The minimum atomic E-state index is -0.184. The van der Waals surface area contributed by atoms with E-state index < -0.39 is 0 Å². The fourth-order valence-corrected chi connectivity index (χ4v) is 2.99. The van der Waals surface area contributed by atoms with E-state index in [1.165, 1.54) is 6.07 Å². The normalized spacial score (nSPS) is 17.5. The maximum atomic E-state index is 14.0. The highest BCUT2D eigenvalue weighted by atomic mass is 35.5. The number of hydrogen-bond acceptors (Lipinski definition) is 2. The van der Waals surface area contributed by atoms with Crippen LogP contribution in [0.25, 0.3) is 0 Å². The van der Waals surface area contributed by atoms with Crippen LogP contribution in [0.1, 0.15) is 24.8 Å². The van der Waals surface area contributed by atoms with Crippen LogP contribution >= 0.6 is 11.6 Å². The SMILES string of the molecule is COCCNCC1(c2c(F)cccc2Cl)CCC1. The van der Waals surface area contributed by atoms with Gasteiger partial charge in [-0.1, -0.05) is 24.1 Å². The number of halogens is 2. The monoisotopic (exact) mass is 271 g/mol. The summed E-state index contributed by atoms with van der Waals surface area (Å²) in [5, 5.41) is 3.88. The standard InChI is InChI=1S/C14H19ClFNO/c1-18-9-8-17-10-14(6-3-7-14)13-11(15)4-2-5-12(13)16/h2,4-5,17H,3,6-10H2,1H3. The predicted octanol–water partition coefficient (Wildman–Crippen LogP) is 3.14. The van der Waals surface area contributed by atoms with Gasteiger partial charge in [-0.3, -0.25) is 0 Å². The van der Waals surface area contributed by atoms with Gasteiger partial charge in [-0.2, -0.15) is 0 Å². The molecule has 100 valence electrons. The first kappa shape index (κ1) is 13.8. The molecule has 0 radical (unpaired) electrons. The zero-order valence-electron chi connectivity index (χ0n) is 10.6. The molecule has 2 rings (SSSR count). The summed E-state index contributed by atoms with van der Waals surface area (Å²) in [7, 11) is 1.68. The topological polar surface area (TPSA) is 21.3 Å². The zero-order chi connectivity index (χ0) is 13.0. The van der Waals surface area contributed by atoms with Crippen LogP contribution in [0.15, 0.2) is 18.2 Å². The van der Waals surface area contributed by atoms with Crippen molar-refractivity contribution in [3.05, 3.63) is 34.6 Å². The molecule has 0 aliphatic heterocycles. The van der Waals surface area contributed by atoms with E-state index in [-0.39, 0.29) is 11.2 Å². The van der Waals surface area contributed by atoms with Gasteiger partial charge in [0.05, 0.1) is 6.61 Å². The summed E-state index contributed by atoms with van der Waals surface area (Å²) in [5.41, 5.74) is 0.554. The Bertz CT molecular complexity index is 387. The fourth-order valence-electron chi connectivity index (χ4n) is 2.63. The van der Waals surface area contributed by atoms with Gasteiger partial charge < -0.3 is 10.1 Å². The van der Waals surface area contributed by atoms with Crippen LogP contribution in [0.3, 0.4) is 0 Å². The number of nitrogens with one attached hydrogen (secondary N) is 1. The van der Waals surface area contributed by atoms with Gasteiger partial charge in [0.1, 0.15) is 5.82 Å². The van der Waals surface area contributed by atoms with Crippen LogP contribution in [0.4, 0.5) is 4.39 Å². The summed E-state index contributed by atoms with van der Waals surface area (Å²) in [4.78, 5) is 0. The Morgan fingerprint density at radius 1 is 1.44 bits per heavy atom. The molecule has 0 amide bonds. The summed E-state index contributed by atoms with van der Waals surface area (Å²) >= 11 is 6.17. The molecule has 2 nitrogen and oxygen atoms in total. The summed E-state index contributed by atoms with van der Waals surface area (Å²) in [6.45, 7) is 2.21. The highest BCUT2D eigenvalue weighted by Crippen LogP contribution is 2.46. The molecule has 0 atom stereocenters. The first-order valence-electron chi connectivity index (χ1n) is 6.34. The lowest BCUT2D eigenvalue weighted by molar-refractivity contribution is 0.183. The average molecular weight is 272 g/mol. The highest BCUT2D eigenvalue weighted by Gasteiger charge is 2.41. The molecule has 1 N–H and O–H groups in total. The van der Waals surface area contributed by atoms with Crippen molar-refractivity contribution < 1.29 is 9.13 Å². The number of ether oxygens (including phenoxy) is 1. The van der Waals surface area contributed by atoms with Crippen molar-refractivity contribution in [1.29, 1.82) is 0 Å². The molecule has 1 aromatic rings. The van der Waals surface area contributed by atoms with Crippen LogP contribution in [-0.2, 0) is 10.2 Å². The van der Waals surface area contributed by atoms with E-state index in [9.17, 15) is 4.39 Å². The maximum absolute atomic E-state index is 14.0. The van der Waals surface area contributed by atoms with Crippen molar-refractivity contribution in [2.45, 2.75) is 24.7 Å². The molecule has 0 unspecified atom stereocenters. The minimum Gasteiger partial charge on any atom is -0.383 e. The van der Waals surface area contributed by atoms with E-state index in [0.717, 1.165) is 32.4 Å². The van der Waals surface area contributed by atoms with E-state index in [1.54, 1.807) is 19.2 Å². The van der Waals surface area contributed by atoms with Gasteiger partial charge in [-0.25, -0.2) is 4.39 Å². The van der Waals surface area contributed by atoms with Crippen molar-refractivity contribution in [2.24, 2.45) is 0 Å². The molecule has 0 aromatic heterocycles. The fraction of sp³-hybridized carbons (Fsp3) is 0.571. The van der Waals surface area contributed by atoms with Crippen molar-refractivity contribution in [1.82, 2.24) is 5.32 Å². The summed E-state index contributed by atoms with van der Waals surface area (Å²) in [5.74, 6) is -0.184. The second-order valence-electron chi connectivity index (χ2n) is 4.90. The van der Waals surface area contributed by atoms with Crippen molar-refractivity contribution in [3.63, 3.8) is 0 Å². The van der Waals surface area contributed by atoms with Gasteiger partial charge in [0.25, 0.3) is 0 Å². The molecule has 1 aromatic carbocycles. The lowest BCUT2D eigenvalue weighted by Crippen LogP contribution is -2.45. The smallest absolute Gasteiger partial charge is 0.128 e. The lowest BCUT2D eigenvalue weighted by atomic mass is 9.64. The third kappa shape index (κ3) is 2.68.